The lowest BCUT2D eigenvalue weighted by Crippen LogP contribution is -2.38. The molecule has 110 valence electrons. The molecule has 1 aromatic rings. The van der Waals surface area contributed by atoms with Gasteiger partial charge >= 0.3 is 5.69 Å². The van der Waals surface area contributed by atoms with Crippen LogP contribution in [0.3, 0.4) is 0 Å². The Bertz CT molecular complexity index is 621. The monoisotopic (exact) mass is 280 g/mol. The van der Waals surface area contributed by atoms with Gasteiger partial charge in [-0.3, -0.25) is 14.3 Å². The molecule has 0 aliphatic carbocycles. The minimum absolute atomic E-state index is 0.102. The predicted molar refractivity (Wildman–Crippen MR) is 75.9 cm³/mol. The molecule has 1 aromatic heterocycles. The van der Waals surface area contributed by atoms with Gasteiger partial charge in [0.15, 0.2) is 0 Å². The number of H-pyrrole nitrogens is 1. The highest BCUT2D eigenvalue weighted by Crippen LogP contribution is 2.36. The van der Waals surface area contributed by atoms with Crippen LogP contribution >= 0.6 is 0 Å². The fourth-order valence-corrected chi connectivity index (χ4v) is 3.15. The quantitative estimate of drug-likeness (QED) is 0.734. The van der Waals surface area contributed by atoms with Gasteiger partial charge in [-0.1, -0.05) is 6.92 Å². The predicted octanol–water partition coefficient (Wildman–Crippen LogP) is 0.261. The first-order chi connectivity index (χ1) is 9.60. The van der Waals surface area contributed by atoms with Crippen LogP contribution in [0, 0.1) is 0 Å². The van der Waals surface area contributed by atoms with E-state index < -0.39 is 11.2 Å². The molecule has 2 aliphatic heterocycles. The molecule has 7 heteroatoms. The minimum atomic E-state index is -0.456. The third-order valence-corrected chi connectivity index (χ3v) is 4.12. The Balaban J connectivity index is 1.91. The number of aromatic amines is 1. The Labute approximate surface area is 116 Å². The molecular weight excluding hydrogens is 260 g/mol. The van der Waals surface area contributed by atoms with Crippen molar-refractivity contribution >= 4 is 11.5 Å². The number of hydrogen-bond acceptors (Lipinski definition) is 5. The van der Waals surface area contributed by atoms with Gasteiger partial charge in [-0.05, 0) is 25.7 Å². The molecule has 0 spiro atoms. The van der Waals surface area contributed by atoms with Crippen LogP contribution in [0.4, 0.5) is 11.5 Å². The van der Waals surface area contributed by atoms with Crippen LogP contribution in [-0.4, -0.2) is 27.8 Å². The second-order valence-corrected chi connectivity index (χ2v) is 5.53. The molecule has 3 heterocycles. The zero-order valence-electron chi connectivity index (χ0n) is 11.5. The van der Waals surface area contributed by atoms with E-state index in [2.05, 4.69) is 10.3 Å². The zero-order valence-corrected chi connectivity index (χ0v) is 11.5. The van der Waals surface area contributed by atoms with Crippen molar-refractivity contribution in [1.29, 1.82) is 0 Å². The molecule has 3 unspecified atom stereocenters. The number of anilines is 2. The topological polar surface area (TPSA) is 102 Å². The first-order valence-electron chi connectivity index (χ1n) is 7.14. The summed E-state index contributed by atoms with van der Waals surface area (Å²) in [5.74, 6) is 0.211. The van der Waals surface area contributed by atoms with Gasteiger partial charge in [-0.25, -0.2) is 4.79 Å². The van der Waals surface area contributed by atoms with E-state index in [1.165, 1.54) is 4.57 Å². The molecule has 2 bridgehead atoms. The summed E-state index contributed by atoms with van der Waals surface area (Å²) >= 11 is 0. The third kappa shape index (κ3) is 2.11. The highest BCUT2D eigenvalue weighted by atomic mass is 16.5. The van der Waals surface area contributed by atoms with Crippen molar-refractivity contribution < 1.29 is 4.74 Å². The highest BCUT2D eigenvalue weighted by Gasteiger charge is 2.41. The largest absolute Gasteiger partial charge is 0.383 e. The first kappa shape index (κ1) is 13.2. The van der Waals surface area contributed by atoms with Crippen LogP contribution in [0.2, 0.25) is 0 Å². The Hall–Kier alpha value is -1.76. The van der Waals surface area contributed by atoms with Gasteiger partial charge in [0, 0.05) is 6.54 Å². The van der Waals surface area contributed by atoms with Crippen molar-refractivity contribution in [3.05, 3.63) is 20.8 Å². The fourth-order valence-electron chi connectivity index (χ4n) is 3.15. The van der Waals surface area contributed by atoms with Gasteiger partial charge < -0.3 is 15.8 Å². The van der Waals surface area contributed by atoms with Crippen LogP contribution in [-0.2, 0) is 11.3 Å². The zero-order chi connectivity index (χ0) is 14.3. The lowest BCUT2D eigenvalue weighted by Gasteiger charge is -2.22. The minimum Gasteiger partial charge on any atom is -0.383 e. The first-order valence-corrected chi connectivity index (χ1v) is 7.14. The summed E-state index contributed by atoms with van der Waals surface area (Å²) in [6, 6.07) is 0.102. The maximum absolute atomic E-state index is 12.0. The summed E-state index contributed by atoms with van der Waals surface area (Å²) in [7, 11) is 0. The lowest BCUT2D eigenvalue weighted by atomic mass is 9.95. The summed E-state index contributed by atoms with van der Waals surface area (Å²) in [5, 5.41) is 3.18. The van der Waals surface area contributed by atoms with Crippen molar-refractivity contribution in [3.8, 4) is 0 Å². The van der Waals surface area contributed by atoms with E-state index in [1.807, 2.05) is 6.92 Å². The average Bonchev–Trinajstić information content (AvgIpc) is 3.01. The summed E-state index contributed by atoms with van der Waals surface area (Å²) in [4.78, 5) is 26.0. The third-order valence-electron chi connectivity index (χ3n) is 4.12. The molecule has 2 aliphatic rings. The molecule has 7 nitrogen and oxygen atoms in total. The molecule has 20 heavy (non-hydrogen) atoms. The smallest absolute Gasteiger partial charge is 0.330 e. The molecule has 2 fully saturated rings. The average molecular weight is 280 g/mol. The van der Waals surface area contributed by atoms with Crippen molar-refractivity contribution in [3.63, 3.8) is 0 Å². The number of nitrogens with one attached hydrogen (secondary N) is 2. The summed E-state index contributed by atoms with van der Waals surface area (Å²) < 4.78 is 7.15. The van der Waals surface area contributed by atoms with Gasteiger partial charge in [0.2, 0.25) is 0 Å². The van der Waals surface area contributed by atoms with Crippen LogP contribution < -0.4 is 22.3 Å². The van der Waals surface area contributed by atoms with Gasteiger partial charge in [0.1, 0.15) is 11.5 Å². The van der Waals surface area contributed by atoms with Crippen molar-refractivity contribution in [2.24, 2.45) is 0 Å². The Morgan fingerprint density at radius 3 is 2.85 bits per heavy atom. The molecule has 0 aromatic carbocycles. The number of hydrogen-bond donors (Lipinski definition) is 3. The number of nitrogens with zero attached hydrogens (tertiary/aromatic N) is 1. The molecule has 2 saturated heterocycles. The van der Waals surface area contributed by atoms with E-state index in [-0.39, 0.29) is 18.0 Å². The molecule has 4 N–H and O–H groups in total. The van der Waals surface area contributed by atoms with Crippen molar-refractivity contribution in [1.82, 2.24) is 9.55 Å². The summed E-state index contributed by atoms with van der Waals surface area (Å²) in [5.41, 5.74) is 5.37. The number of rotatable bonds is 4. The van der Waals surface area contributed by atoms with Gasteiger partial charge in [-0.15, -0.1) is 0 Å². The van der Waals surface area contributed by atoms with E-state index in [9.17, 15) is 9.59 Å². The molecule has 3 atom stereocenters. The number of ether oxygens (including phenoxy) is 1. The van der Waals surface area contributed by atoms with Crippen molar-refractivity contribution in [2.75, 3.05) is 11.1 Å². The van der Waals surface area contributed by atoms with Gasteiger partial charge in [0.05, 0.1) is 18.2 Å². The van der Waals surface area contributed by atoms with E-state index in [0.717, 1.165) is 25.7 Å². The normalized spacial score (nSPS) is 27.9. The van der Waals surface area contributed by atoms with Gasteiger partial charge in [0.25, 0.3) is 5.56 Å². The van der Waals surface area contributed by atoms with E-state index >= 15 is 0 Å². The van der Waals surface area contributed by atoms with Crippen LogP contribution in [0.5, 0.6) is 0 Å². The summed E-state index contributed by atoms with van der Waals surface area (Å²) in [6.07, 6.45) is 4.19. The number of nitrogens with two attached hydrogens (primary N) is 1. The molecule has 3 rings (SSSR count). The Kier molecular flexibility index (Phi) is 3.29. The lowest BCUT2D eigenvalue weighted by molar-refractivity contribution is 0.102. The van der Waals surface area contributed by atoms with Crippen molar-refractivity contribution in [2.45, 2.75) is 57.4 Å². The second kappa shape index (κ2) is 4.97. The summed E-state index contributed by atoms with van der Waals surface area (Å²) in [6.45, 7) is 2.44. The Morgan fingerprint density at radius 1 is 1.45 bits per heavy atom. The number of aromatic nitrogens is 2. The molecule has 0 saturated carbocycles. The van der Waals surface area contributed by atoms with Gasteiger partial charge in [-0.2, -0.15) is 0 Å². The maximum atomic E-state index is 12.0. The Morgan fingerprint density at radius 2 is 2.25 bits per heavy atom. The highest BCUT2D eigenvalue weighted by molar-refractivity contribution is 5.61. The SMILES string of the molecule is CCCn1c(N)c(NC2CC3CCC2O3)c(=O)[nH]c1=O. The number of fused-ring (bicyclic) bond motifs is 2. The van der Waals surface area contributed by atoms with E-state index in [0.29, 0.717) is 18.3 Å². The number of nitrogen functional groups attached to an aromatic ring is 1. The second-order valence-electron chi connectivity index (χ2n) is 5.53. The van der Waals surface area contributed by atoms with Crippen LogP contribution in [0.25, 0.3) is 0 Å². The van der Waals surface area contributed by atoms with E-state index in [4.69, 9.17) is 10.5 Å². The standard InChI is InChI=1S/C13H20N4O3/c1-2-5-17-11(14)10(12(18)16-13(17)19)15-8-6-7-3-4-9(8)20-7/h7-9,15H,2-6,14H2,1H3,(H,16,18,19). The van der Waals surface area contributed by atoms with Crippen LogP contribution in [0.1, 0.15) is 32.6 Å². The maximum Gasteiger partial charge on any atom is 0.330 e. The molecule has 0 amide bonds. The molecule has 0 radical (unpaired) electrons. The molecular formula is C13H20N4O3. The van der Waals surface area contributed by atoms with Crippen LogP contribution in [0.15, 0.2) is 9.59 Å². The fraction of sp³-hybridized carbons (Fsp3) is 0.692. The van der Waals surface area contributed by atoms with E-state index in [1.54, 1.807) is 0 Å².